The number of nitrogens with one attached hydrogen (secondary N) is 1. The Kier molecular flexibility index (Phi) is 9.03. The molecule has 0 spiro atoms. The molecule has 0 aliphatic carbocycles. The van der Waals surface area contributed by atoms with Crippen LogP contribution >= 0.6 is 0 Å². The molecule has 13 heteroatoms. The average molecular weight is 655 g/mol. The van der Waals surface area contributed by atoms with Crippen molar-refractivity contribution < 1.29 is 32.6 Å². The number of pyridine rings is 1. The van der Waals surface area contributed by atoms with Crippen LogP contribution in [-0.4, -0.2) is 68.8 Å². The summed E-state index contributed by atoms with van der Waals surface area (Å²) in [7, 11) is 0. The van der Waals surface area contributed by atoms with Crippen molar-refractivity contribution in [3.8, 4) is 17.0 Å². The number of fused-ring (bicyclic) bond motifs is 2. The summed E-state index contributed by atoms with van der Waals surface area (Å²) in [5.74, 6) is -1.92. The lowest BCUT2D eigenvalue weighted by Gasteiger charge is -2.30. The topological polar surface area (TPSA) is 120 Å². The first-order valence-corrected chi connectivity index (χ1v) is 15.7. The van der Waals surface area contributed by atoms with Gasteiger partial charge in [0.25, 0.3) is 11.8 Å². The summed E-state index contributed by atoms with van der Waals surface area (Å²) in [4.78, 5) is 36.6. The number of rotatable bonds is 10. The lowest BCUT2D eigenvalue weighted by Crippen LogP contribution is -2.38. The molecule has 1 N–H and O–H groups in total. The zero-order valence-corrected chi connectivity index (χ0v) is 25.9. The molecule has 0 radical (unpaired) electrons. The lowest BCUT2D eigenvalue weighted by atomic mass is 10.0. The van der Waals surface area contributed by atoms with Gasteiger partial charge in [-0.2, -0.15) is 5.10 Å². The van der Waals surface area contributed by atoms with Crippen LogP contribution in [0.1, 0.15) is 40.0 Å². The number of halogens is 2. The molecule has 246 valence electrons. The van der Waals surface area contributed by atoms with Crippen molar-refractivity contribution >= 4 is 23.3 Å². The van der Waals surface area contributed by atoms with Crippen LogP contribution in [0.15, 0.2) is 73.1 Å². The highest BCUT2D eigenvalue weighted by Gasteiger charge is 2.29. The molecular formula is C35H32F2N6O5. The molecule has 2 aromatic carbocycles. The third kappa shape index (κ3) is 7.02. The molecule has 2 aliphatic heterocycles. The number of amides is 2. The SMILES string of the molecule is O=C(COCc1ccccc1)Nc1cn2nc(-c3cnc4c(c3)C(=O)N(Cc3cc(F)cc(F)c3OC3CCOCC3)CC4)ccc2n1. The molecule has 11 nitrogen and oxygen atoms in total. The van der Waals surface area contributed by atoms with Gasteiger partial charge in [0.15, 0.2) is 23.0 Å². The summed E-state index contributed by atoms with van der Waals surface area (Å²) in [6.45, 7) is 1.50. The fraction of sp³-hybridized carbons (Fsp3) is 0.286. The van der Waals surface area contributed by atoms with E-state index >= 15 is 0 Å². The summed E-state index contributed by atoms with van der Waals surface area (Å²) in [5.41, 5.74) is 3.88. The van der Waals surface area contributed by atoms with Crippen molar-refractivity contribution in [3.63, 3.8) is 0 Å². The second-order valence-corrected chi connectivity index (χ2v) is 11.7. The van der Waals surface area contributed by atoms with Crippen molar-refractivity contribution in [1.29, 1.82) is 0 Å². The summed E-state index contributed by atoms with van der Waals surface area (Å²) in [6, 6.07) is 16.8. The van der Waals surface area contributed by atoms with E-state index in [2.05, 4.69) is 20.4 Å². The monoisotopic (exact) mass is 654 g/mol. The second-order valence-electron chi connectivity index (χ2n) is 11.7. The van der Waals surface area contributed by atoms with Crippen LogP contribution in [0.3, 0.4) is 0 Å². The first-order chi connectivity index (χ1) is 23.4. The minimum Gasteiger partial charge on any atom is -0.487 e. The van der Waals surface area contributed by atoms with E-state index in [0.29, 0.717) is 79.6 Å². The van der Waals surface area contributed by atoms with E-state index in [9.17, 15) is 18.4 Å². The van der Waals surface area contributed by atoms with Gasteiger partial charge >= 0.3 is 0 Å². The Morgan fingerprint density at radius 2 is 1.90 bits per heavy atom. The maximum atomic E-state index is 14.9. The molecule has 0 bridgehead atoms. The first-order valence-electron chi connectivity index (χ1n) is 15.7. The molecule has 5 heterocycles. The molecule has 1 saturated heterocycles. The van der Waals surface area contributed by atoms with Gasteiger partial charge in [0, 0.05) is 55.7 Å². The Morgan fingerprint density at radius 3 is 2.73 bits per heavy atom. The number of anilines is 1. The van der Waals surface area contributed by atoms with Crippen molar-refractivity contribution in [1.82, 2.24) is 24.5 Å². The number of imidazole rings is 1. The zero-order valence-electron chi connectivity index (χ0n) is 25.9. The van der Waals surface area contributed by atoms with Crippen LogP contribution in [0, 0.1) is 11.6 Å². The number of aromatic nitrogens is 4. The van der Waals surface area contributed by atoms with E-state index in [1.165, 1.54) is 10.6 Å². The van der Waals surface area contributed by atoms with Gasteiger partial charge in [0.2, 0.25) is 0 Å². The van der Waals surface area contributed by atoms with Gasteiger partial charge in [-0.05, 0) is 29.8 Å². The Hall–Kier alpha value is -5.27. The number of hydrogen-bond acceptors (Lipinski definition) is 8. The highest BCUT2D eigenvalue weighted by molar-refractivity contribution is 5.97. The number of nitrogens with zero attached hydrogens (tertiary/aromatic N) is 5. The third-order valence-electron chi connectivity index (χ3n) is 8.23. The van der Waals surface area contributed by atoms with Crippen molar-refractivity contribution in [2.24, 2.45) is 0 Å². The molecule has 5 aromatic rings. The maximum Gasteiger partial charge on any atom is 0.256 e. The molecule has 3 aromatic heterocycles. The van der Waals surface area contributed by atoms with Crippen LogP contribution in [0.5, 0.6) is 5.75 Å². The van der Waals surface area contributed by atoms with Crippen LogP contribution in [0.2, 0.25) is 0 Å². The molecule has 48 heavy (non-hydrogen) atoms. The summed E-state index contributed by atoms with van der Waals surface area (Å²) >= 11 is 0. The second kappa shape index (κ2) is 13.8. The van der Waals surface area contributed by atoms with E-state index in [4.69, 9.17) is 14.2 Å². The number of carbonyl (C=O) groups excluding carboxylic acids is 2. The van der Waals surface area contributed by atoms with E-state index in [1.54, 1.807) is 35.5 Å². The summed E-state index contributed by atoms with van der Waals surface area (Å²) in [5, 5.41) is 7.34. The van der Waals surface area contributed by atoms with Crippen molar-refractivity contribution in [2.45, 2.75) is 38.5 Å². The lowest BCUT2D eigenvalue weighted by molar-refractivity contribution is -0.121. The quantitative estimate of drug-likeness (QED) is 0.224. The molecule has 2 amide bonds. The largest absolute Gasteiger partial charge is 0.487 e. The molecule has 1 fully saturated rings. The predicted octanol–water partition coefficient (Wildman–Crippen LogP) is 4.98. The van der Waals surface area contributed by atoms with Gasteiger partial charge < -0.3 is 24.4 Å². The van der Waals surface area contributed by atoms with E-state index in [1.807, 2.05) is 30.3 Å². The zero-order chi connectivity index (χ0) is 33.0. The maximum absolute atomic E-state index is 14.9. The van der Waals surface area contributed by atoms with Gasteiger partial charge in [-0.15, -0.1) is 0 Å². The smallest absolute Gasteiger partial charge is 0.256 e. The number of ether oxygens (including phenoxy) is 3. The third-order valence-corrected chi connectivity index (χ3v) is 8.23. The van der Waals surface area contributed by atoms with Gasteiger partial charge in [0.1, 0.15) is 18.5 Å². The average Bonchev–Trinajstić information content (AvgIpc) is 3.50. The standard InChI is InChI=1S/C35H32F2N6O5/c36-25-14-24(34(28(37)16-25)48-26-9-12-46-13-10-26)18-42-11-8-30-27(35(42)45)15-23(17-38-30)29-6-7-32-39-31(19-43(32)41-29)40-33(44)21-47-20-22-4-2-1-3-5-22/h1-7,14-17,19,26H,8-13,18,20-21H2,(H,40,44). The van der Waals surface area contributed by atoms with Crippen LogP contribution in [-0.2, 0) is 33.8 Å². The van der Waals surface area contributed by atoms with Gasteiger partial charge in [0.05, 0.1) is 43.0 Å². The Morgan fingerprint density at radius 1 is 1.06 bits per heavy atom. The molecule has 0 unspecified atom stereocenters. The number of benzene rings is 2. The van der Waals surface area contributed by atoms with Gasteiger partial charge in [-0.25, -0.2) is 18.3 Å². The molecule has 7 rings (SSSR count). The normalized spacial score (nSPS) is 15.0. The summed E-state index contributed by atoms with van der Waals surface area (Å²) in [6.07, 6.45) is 4.65. The minimum absolute atomic E-state index is 0.0270. The Labute approximate surface area is 274 Å². The Bertz CT molecular complexity index is 1960. The molecule has 0 atom stereocenters. The molecule has 2 aliphatic rings. The van der Waals surface area contributed by atoms with Crippen LogP contribution in [0.4, 0.5) is 14.6 Å². The molecule has 0 saturated carbocycles. The highest BCUT2D eigenvalue weighted by atomic mass is 19.1. The number of carbonyl (C=O) groups is 2. The van der Waals surface area contributed by atoms with Crippen molar-refractivity contribution in [3.05, 3.63) is 107 Å². The van der Waals surface area contributed by atoms with Crippen molar-refractivity contribution in [2.75, 3.05) is 31.7 Å². The number of hydrogen-bond donors (Lipinski definition) is 1. The minimum atomic E-state index is -0.801. The first kappa shape index (κ1) is 31.3. The fourth-order valence-corrected chi connectivity index (χ4v) is 5.82. The Balaban J connectivity index is 1.05. The van der Waals surface area contributed by atoms with E-state index in [-0.39, 0.29) is 42.4 Å². The predicted molar refractivity (Wildman–Crippen MR) is 170 cm³/mol. The van der Waals surface area contributed by atoms with Crippen LogP contribution in [0.25, 0.3) is 16.9 Å². The van der Waals surface area contributed by atoms with E-state index < -0.39 is 11.6 Å². The van der Waals surface area contributed by atoms with Crippen LogP contribution < -0.4 is 10.1 Å². The van der Waals surface area contributed by atoms with E-state index in [0.717, 1.165) is 11.6 Å². The highest BCUT2D eigenvalue weighted by Crippen LogP contribution is 2.31. The van der Waals surface area contributed by atoms with Gasteiger partial charge in [-0.3, -0.25) is 14.6 Å². The molecular weight excluding hydrogens is 622 g/mol. The fourth-order valence-electron chi connectivity index (χ4n) is 5.82. The summed E-state index contributed by atoms with van der Waals surface area (Å²) < 4.78 is 47.6. The van der Waals surface area contributed by atoms with Gasteiger partial charge in [-0.1, -0.05) is 30.3 Å².